The lowest BCUT2D eigenvalue weighted by molar-refractivity contribution is 0.457. The molecular weight excluding hydrogens is 250 g/mol. The van der Waals surface area contributed by atoms with E-state index in [1.807, 2.05) is 18.2 Å². The first-order valence-corrected chi connectivity index (χ1v) is 7.47. The number of hydrogen-bond donors (Lipinski definition) is 1. The van der Waals surface area contributed by atoms with Crippen molar-refractivity contribution in [3.8, 4) is 0 Å². The highest BCUT2D eigenvalue weighted by molar-refractivity contribution is 5.78. The number of nitrogen functional groups attached to an aromatic ring is 1. The Balaban J connectivity index is 2.39. The molecule has 2 aromatic rings. The van der Waals surface area contributed by atoms with Gasteiger partial charge in [0.2, 0.25) is 0 Å². The zero-order valence-corrected chi connectivity index (χ0v) is 12.9. The second kappa shape index (κ2) is 6.16. The maximum absolute atomic E-state index is 5.93. The first-order valence-electron chi connectivity index (χ1n) is 7.47. The van der Waals surface area contributed by atoms with Gasteiger partial charge in [0, 0.05) is 18.3 Å². The van der Waals surface area contributed by atoms with Crippen LogP contribution in [-0.4, -0.2) is 17.6 Å². The number of fused-ring (bicyclic) bond motifs is 1. The molecule has 0 aliphatic heterocycles. The van der Waals surface area contributed by atoms with Crippen LogP contribution < -0.4 is 10.6 Å². The molecule has 0 atom stereocenters. The molecule has 20 heavy (non-hydrogen) atoms. The van der Waals surface area contributed by atoms with Crippen LogP contribution in [0, 0.1) is 5.92 Å². The molecule has 1 heterocycles. The molecule has 2 rings (SSSR count). The molecule has 0 amide bonds. The largest absolute Gasteiger partial charge is 0.423 e. The van der Waals surface area contributed by atoms with Gasteiger partial charge >= 0.3 is 0 Å². The third-order valence-corrected chi connectivity index (χ3v) is 3.59. The van der Waals surface area contributed by atoms with Gasteiger partial charge in [-0.05, 0) is 37.0 Å². The van der Waals surface area contributed by atoms with Gasteiger partial charge in [0.05, 0.1) is 0 Å². The molecule has 2 N–H and O–H groups in total. The van der Waals surface area contributed by atoms with E-state index < -0.39 is 0 Å². The van der Waals surface area contributed by atoms with Crippen molar-refractivity contribution >= 4 is 22.8 Å². The molecule has 0 spiro atoms. The SMILES string of the molecule is CCC(CC)N(CC(C)C)c1nc2cc(N)ccc2o1. The van der Waals surface area contributed by atoms with Crippen molar-refractivity contribution in [2.24, 2.45) is 5.92 Å². The molecule has 0 aliphatic carbocycles. The molecule has 0 fully saturated rings. The number of oxazole rings is 1. The van der Waals surface area contributed by atoms with E-state index in [2.05, 4.69) is 37.6 Å². The summed E-state index contributed by atoms with van der Waals surface area (Å²) in [5, 5.41) is 0. The maximum Gasteiger partial charge on any atom is 0.298 e. The van der Waals surface area contributed by atoms with Gasteiger partial charge in [0.1, 0.15) is 5.52 Å². The molecule has 4 heteroatoms. The number of benzene rings is 1. The van der Waals surface area contributed by atoms with Gasteiger partial charge in [0.15, 0.2) is 5.58 Å². The summed E-state index contributed by atoms with van der Waals surface area (Å²) in [5.41, 5.74) is 8.16. The van der Waals surface area contributed by atoms with Crippen LogP contribution in [0.25, 0.3) is 11.1 Å². The van der Waals surface area contributed by atoms with Crippen LogP contribution in [0.2, 0.25) is 0 Å². The number of nitrogens with zero attached hydrogens (tertiary/aromatic N) is 2. The van der Waals surface area contributed by atoms with E-state index >= 15 is 0 Å². The number of hydrogen-bond acceptors (Lipinski definition) is 4. The normalized spacial score (nSPS) is 11.7. The molecule has 4 nitrogen and oxygen atoms in total. The summed E-state index contributed by atoms with van der Waals surface area (Å²) >= 11 is 0. The molecule has 0 radical (unpaired) electrons. The van der Waals surface area contributed by atoms with E-state index in [0.29, 0.717) is 18.0 Å². The number of anilines is 2. The molecule has 1 aromatic carbocycles. The molecule has 0 aliphatic rings. The number of rotatable bonds is 6. The Hall–Kier alpha value is -1.71. The predicted octanol–water partition coefficient (Wildman–Crippen LogP) is 4.06. The predicted molar refractivity (Wildman–Crippen MR) is 85.0 cm³/mol. The summed E-state index contributed by atoms with van der Waals surface area (Å²) in [5.74, 6) is 0.565. The minimum absolute atomic E-state index is 0.461. The Morgan fingerprint density at radius 3 is 2.55 bits per heavy atom. The summed E-state index contributed by atoms with van der Waals surface area (Å²) in [6, 6.07) is 6.78. The third-order valence-electron chi connectivity index (χ3n) is 3.59. The average molecular weight is 275 g/mol. The van der Waals surface area contributed by atoms with Crippen LogP contribution in [0.15, 0.2) is 22.6 Å². The van der Waals surface area contributed by atoms with Gasteiger partial charge < -0.3 is 15.1 Å². The second-order valence-electron chi connectivity index (χ2n) is 5.74. The van der Waals surface area contributed by atoms with Crippen molar-refractivity contribution in [2.75, 3.05) is 17.2 Å². The topological polar surface area (TPSA) is 55.3 Å². The molecular formula is C16H25N3O. The molecule has 0 saturated carbocycles. The van der Waals surface area contributed by atoms with Crippen molar-refractivity contribution in [2.45, 2.75) is 46.6 Å². The van der Waals surface area contributed by atoms with Crippen LogP contribution >= 0.6 is 0 Å². The Kier molecular flexibility index (Phi) is 4.53. The summed E-state index contributed by atoms with van der Waals surface area (Å²) < 4.78 is 5.93. The monoisotopic (exact) mass is 275 g/mol. The molecule has 110 valence electrons. The Morgan fingerprint density at radius 2 is 1.95 bits per heavy atom. The standard InChI is InChI=1S/C16H25N3O/c1-5-13(6-2)19(10-11(3)4)16-18-14-9-12(17)7-8-15(14)20-16/h7-9,11,13H,5-6,10,17H2,1-4H3. The average Bonchev–Trinajstić information content (AvgIpc) is 2.81. The van der Waals surface area contributed by atoms with Crippen LogP contribution in [0.3, 0.4) is 0 Å². The van der Waals surface area contributed by atoms with Gasteiger partial charge in [-0.25, -0.2) is 0 Å². The molecule has 0 bridgehead atoms. The lowest BCUT2D eigenvalue weighted by Gasteiger charge is -2.30. The minimum atomic E-state index is 0.461. The van der Waals surface area contributed by atoms with E-state index in [1.54, 1.807) is 0 Å². The van der Waals surface area contributed by atoms with Crippen LogP contribution in [0.1, 0.15) is 40.5 Å². The van der Waals surface area contributed by atoms with Gasteiger partial charge in [-0.3, -0.25) is 0 Å². The molecule has 0 unspecified atom stereocenters. The van der Waals surface area contributed by atoms with E-state index in [9.17, 15) is 0 Å². The maximum atomic E-state index is 5.93. The van der Waals surface area contributed by atoms with E-state index in [0.717, 1.165) is 36.2 Å². The van der Waals surface area contributed by atoms with Gasteiger partial charge in [-0.2, -0.15) is 4.98 Å². The Labute approximate surface area is 121 Å². The summed E-state index contributed by atoms with van der Waals surface area (Å²) in [7, 11) is 0. The van der Waals surface area contributed by atoms with Crippen molar-refractivity contribution in [1.29, 1.82) is 0 Å². The van der Waals surface area contributed by atoms with Crippen molar-refractivity contribution in [3.63, 3.8) is 0 Å². The second-order valence-corrected chi connectivity index (χ2v) is 5.74. The van der Waals surface area contributed by atoms with Crippen LogP contribution in [0.4, 0.5) is 11.7 Å². The highest BCUT2D eigenvalue weighted by Crippen LogP contribution is 2.27. The highest BCUT2D eigenvalue weighted by atomic mass is 16.4. The number of aromatic nitrogens is 1. The van der Waals surface area contributed by atoms with Gasteiger partial charge in [0.25, 0.3) is 6.01 Å². The fourth-order valence-corrected chi connectivity index (χ4v) is 2.56. The smallest absolute Gasteiger partial charge is 0.298 e. The molecule has 0 saturated heterocycles. The quantitative estimate of drug-likeness (QED) is 0.808. The summed E-state index contributed by atoms with van der Waals surface area (Å²) in [6.07, 6.45) is 2.17. The van der Waals surface area contributed by atoms with E-state index in [4.69, 9.17) is 10.2 Å². The van der Waals surface area contributed by atoms with Crippen LogP contribution in [-0.2, 0) is 0 Å². The van der Waals surface area contributed by atoms with Gasteiger partial charge in [-0.1, -0.05) is 27.7 Å². The minimum Gasteiger partial charge on any atom is -0.423 e. The first kappa shape index (κ1) is 14.7. The Bertz CT molecular complexity index is 558. The van der Waals surface area contributed by atoms with Gasteiger partial charge in [-0.15, -0.1) is 0 Å². The van der Waals surface area contributed by atoms with E-state index in [-0.39, 0.29) is 0 Å². The highest BCUT2D eigenvalue weighted by Gasteiger charge is 2.21. The lowest BCUT2D eigenvalue weighted by Crippen LogP contribution is -2.37. The fourth-order valence-electron chi connectivity index (χ4n) is 2.56. The first-order chi connectivity index (χ1) is 9.55. The zero-order valence-electron chi connectivity index (χ0n) is 12.9. The third kappa shape index (κ3) is 3.06. The summed E-state index contributed by atoms with van der Waals surface area (Å²) in [4.78, 5) is 6.92. The number of nitrogens with two attached hydrogens (primary N) is 1. The lowest BCUT2D eigenvalue weighted by atomic mass is 10.1. The van der Waals surface area contributed by atoms with Crippen molar-refractivity contribution in [1.82, 2.24) is 4.98 Å². The van der Waals surface area contributed by atoms with Crippen molar-refractivity contribution < 1.29 is 4.42 Å². The Morgan fingerprint density at radius 1 is 1.25 bits per heavy atom. The van der Waals surface area contributed by atoms with E-state index in [1.165, 1.54) is 0 Å². The fraction of sp³-hybridized carbons (Fsp3) is 0.562. The zero-order chi connectivity index (χ0) is 14.7. The van der Waals surface area contributed by atoms with Crippen molar-refractivity contribution in [3.05, 3.63) is 18.2 Å². The summed E-state index contributed by atoms with van der Waals surface area (Å²) in [6.45, 7) is 9.81. The van der Waals surface area contributed by atoms with Crippen LogP contribution in [0.5, 0.6) is 0 Å². The molecule has 1 aromatic heterocycles.